The zero-order valence-electron chi connectivity index (χ0n) is 14.1. The standard InChI is InChI=1S/C18H25N3OS/c1-14-4-6-16(7-5-14)22-11-17-20-15(12-23-17)10-21-9-8-19-18(2,3)13-21/h4-7,12,19H,8-11,13H2,1-3H3. The second-order valence-corrected chi connectivity index (χ2v) is 7.80. The summed E-state index contributed by atoms with van der Waals surface area (Å²) in [5.74, 6) is 0.899. The highest BCUT2D eigenvalue weighted by Crippen LogP contribution is 2.18. The molecule has 0 saturated carbocycles. The Kier molecular flexibility index (Phi) is 4.99. The number of aromatic nitrogens is 1. The summed E-state index contributed by atoms with van der Waals surface area (Å²) in [5.41, 5.74) is 2.58. The molecule has 124 valence electrons. The van der Waals surface area contributed by atoms with E-state index >= 15 is 0 Å². The first kappa shape index (κ1) is 16.4. The lowest BCUT2D eigenvalue weighted by Gasteiger charge is -2.38. The zero-order chi connectivity index (χ0) is 16.3. The fraction of sp³-hybridized carbons (Fsp3) is 0.500. The van der Waals surface area contributed by atoms with E-state index in [-0.39, 0.29) is 5.54 Å². The molecule has 0 radical (unpaired) electrons. The van der Waals surface area contributed by atoms with E-state index in [9.17, 15) is 0 Å². The highest BCUT2D eigenvalue weighted by molar-refractivity contribution is 7.09. The molecular weight excluding hydrogens is 306 g/mol. The summed E-state index contributed by atoms with van der Waals surface area (Å²) in [6.07, 6.45) is 0. The van der Waals surface area contributed by atoms with Crippen LogP contribution in [0.5, 0.6) is 5.75 Å². The molecule has 0 spiro atoms. The van der Waals surface area contributed by atoms with Gasteiger partial charge in [-0.15, -0.1) is 11.3 Å². The average molecular weight is 331 g/mol. The van der Waals surface area contributed by atoms with Crippen molar-refractivity contribution in [1.82, 2.24) is 15.2 Å². The molecule has 1 N–H and O–H groups in total. The molecule has 0 unspecified atom stereocenters. The van der Waals surface area contributed by atoms with Crippen molar-refractivity contribution < 1.29 is 4.74 Å². The molecule has 0 bridgehead atoms. The molecule has 3 rings (SSSR count). The normalized spacial score (nSPS) is 18.0. The highest BCUT2D eigenvalue weighted by Gasteiger charge is 2.25. The second-order valence-electron chi connectivity index (χ2n) is 6.86. The fourth-order valence-corrected chi connectivity index (χ4v) is 3.57. The Labute approximate surface area is 142 Å². The minimum absolute atomic E-state index is 0.186. The topological polar surface area (TPSA) is 37.4 Å². The molecule has 1 fully saturated rings. The van der Waals surface area contributed by atoms with Crippen molar-refractivity contribution >= 4 is 11.3 Å². The minimum atomic E-state index is 0.186. The van der Waals surface area contributed by atoms with Gasteiger partial charge in [0.15, 0.2) is 0 Å². The predicted octanol–water partition coefficient (Wildman–Crippen LogP) is 3.21. The Bertz CT molecular complexity index is 636. The molecule has 1 aliphatic rings. The molecule has 0 amide bonds. The quantitative estimate of drug-likeness (QED) is 0.913. The SMILES string of the molecule is Cc1ccc(OCc2nc(CN3CCNC(C)(C)C3)cs2)cc1. The van der Waals surface area contributed by atoms with Gasteiger partial charge in [-0.2, -0.15) is 0 Å². The van der Waals surface area contributed by atoms with Crippen molar-refractivity contribution in [2.45, 2.75) is 39.5 Å². The van der Waals surface area contributed by atoms with Gasteiger partial charge < -0.3 is 10.1 Å². The molecule has 1 saturated heterocycles. The van der Waals surface area contributed by atoms with Crippen molar-refractivity contribution in [1.29, 1.82) is 0 Å². The van der Waals surface area contributed by atoms with Crippen LogP contribution in [0.25, 0.3) is 0 Å². The van der Waals surface area contributed by atoms with Crippen molar-refractivity contribution in [3.05, 3.63) is 45.9 Å². The van der Waals surface area contributed by atoms with Crippen LogP contribution < -0.4 is 10.1 Å². The van der Waals surface area contributed by atoms with E-state index in [1.165, 1.54) is 5.56 Å². The van der Waals surface area contributed by atoms with Gasteiger partial charge >= 0.3 is 0 Å². The zero-order valence-corrected chi connectivity index (χ0v) is 14.9. The smallest absolute Gasteiger partial charge is 0.140 e. The maximum Gasteiger partial charge on any atom is 0.140 e. The van der Waals surface area contributed by atoms with Gasteiger partial charge in [0.1, 0.15) is 17.4 Å². The number of rotatable bonds is 5. The monoisotopic (exact) mass is 331 g/mol. The molecule has 1 aliphatic heterocycles. The summed E-state index contributed by atoms with van der Waals surface area (Å²) >= 11 is 1.68. The van der Waals surface area contributed by atoms with E-state index in [1.807, 2.05) is 12.1 Å². The van der Waals surface area contributed by atoms with Gasteiger partial charge in [0.2, 0.25) is 0 Å². The first-order valence-corrected chi connectivity index (χ1v) is 8.98. The van der Waals surface area contributed by atoms with Crippen LogP contribution in [0.2, 0.25) is 0 Å². The van der Waals surface area contributed by atoms with Gasteiger partial charge in [0, 0.05) is 37.1 Å². The van der Waals surface area contributed by atoms with Gasteiger partial charge in [0.25, 0.3) is 0 Å². The second kappa shape index (κ2) is 6.99. The van der Waals surface area contributed by atoms with Crippen LogP contribution in [0.15, 0.2) is 29.6 Å². The molecule has 0 aliphatic carbocycles. The van der Waals surface area contributed by atoms with E-state index in [4.69, 9.17) is 9.72 Å². The number of hydrogen-bond donors (Lipinski definition) is 1. The predicted molar refractivity (Wildman–Crippen MR) is 95.0 cm³/mol. The van der Waals surface area contributed by atoms with E-state index in [1.54, 1.807) is 11.3 Å². The first-order valence-electron chi connectivity index (χ1n) is 8.10. The number of ether oxygens (including phenoxy) is 1. The first-order chi connectivity index (χ1) is 11.0. The van der Waals surface area contributed by atoms with Crippen molar-refractivity contribution in [3.8, 4) is 5.75 Å². The third kappa shape index (κ3) is 4.77. The number of nitrogens with zero attached hydrogens (tertiary/aromatic N) is 2. The lowest BCUT2D eigenvalue weighted by Crippen LogP contribution is -2.56. The fourth-order valence-electron chi connectivity index (χ4n) is 2.88. The van der Waals surface area contributed by atoms with Crippen LogP contribution in [-0.4, -0.2) is 35.1 Å². The minimum Gasteiger partial charge on any atom is -0.486 e. The van der Waals surface area contributed by atoms with Gasteiger partial charge in [-0.25, -0.2) is 4.98 Å². The Morgan fingerprint density at radius 1 is 1.30 bits per heavy atom. The molecule has 1 aromatic carbocycles. The maximum absolute atomic E-state index is 5.81. The lowest BCUT2D eigenvalue weighted by molar-refractivity contribution is 0.147. The van der Waals surface area contributed by atoms with E-state index in [2.05, 4.69) is 48.5 Å². The summed E-state index contributed by atoms with van der Waals surface area (Å²) in [6, 6.07) is 8.14. The largest absolute Gasteiger partial charge is 0.486 e. The van der Waals surface area contributed by atoms with E-state index < -0.39 is 0 Å². The number of hydrogen-bond acceptors (Lipinski definition) is 5. The van der Waals surface area contributed by atoms with Gasteiger partial charge in [-0.05, 0) is 32.9 Å². The van der Waals surface area contributed by atoms with E-state index in [0.29, 0.717) is 6.61 Å². The summed E-state index contributed by atoms with van der Waals surface area (Å²) in [7, 11) is 0. The van der Waals surface area contributed by atoms with Gasteiger partial charge in [-0.3, -0.25) is 4.90 Å². The summed E-state index contributed by atoms with van der Waals surface area (Å²) < 4.78 is 5.81. The molecular formula is C18H25N3OS. The molecule has 1 aromatic heterocycles. The lowest BCUT2D eigenvalue weighted by atomic mass is 10.0. The van der Waals surface area contributed by atoms with Gasteiger partial charge in [0.05, 0.1) is 5.69 Å². The molecule has 2 heterocycles. The van der Waals surface area contributed by atoms with Crippen molar-refractivity contribution in [3.63, 3.8) is 0 Å². The summed E-state index contributed by atoms with van der Waals surface area (Å²) in [6.45, 7) is 11.2. The van der Waals surface area contributed by atoms with Crippen molar-refractivity contribution in [2.75, 3.05) is 19.6 Å². The third-order valence-electron chi connectivity index (χ3n) is 4.02. The molecule has 4 nitrogen and oxygen atoms in total. The maximum atomic E-state index is 5.81. The Hall–Kier alpha value is -1.43. The Morgan fingerprint density at radius 3 is 2.83 bits per heavy atom. The van der Waals surface area contributed by atoms with Crippen LogP contribution in [0.1, 0.15) is 30.1 Å². The number of aryl methyl sites for hydroxylation is 1. The number of piperazine rings is 1. The number of benzene rings is 1. The van der Waals surface area contributed by atoms with Crippen LogP contribution in [0, 0.1) is 6.92 Å². The third-order valence-corrected chi connectivity index (χ3v) is 4.89. The Morgan fingerprint density at radius 2 is 2.09 bits per heavy atom. The van der Waals surface area contributed by atoms with Crippen molar-refractivity contribution in [2.24, 2.45) is 0 Å². The average Bonchev–Trinajstić information content (AvgIpc) is 2.93. The van der Waals surface area contributed by atoms with Gasteiger partial charge in [-0.1, -0.05) is 17.7 Å². The molecule has 23 heavy (non-hydrogen) atoms. The Balaban J connectivity index is 1.52. The number of nitrogens with one attached hydrogen (secondary N) is 1. The summed E-state index contributed by atoms with van der Waals surface area (Å²) in [4.78, 5) is 7.18. The highest BCUT2D eigenvalue weighted by atomic mass is 32.1. The van der Waals surface area contributed by atoms with Crippen LogP contribution >= 0.6 is 11.3 Å². The van der Waals surface area contributed by atoms with Crippen LogP contribution in [0.4, 0.5) is 0 Å². The molecule has 5 heteroatoms. The summed E-state index contributed by atoms with van der Waals surface area (Å²) in [5, 5.41) is 6.73. The number of thiazole rings is 1. The van der Waals surface area contributed by atoms with Crippen LogP contribution in [0.3, 0.4) is 0 Å². The molecule has 2 aromatic rings. The molecule has 0 atom stereocenters. The van der Waals surface area contributed by atoms with E-state index in [0.717, 1.165) is 42.6 Å². The van der Waals surface area contributed by atoms with Crippen LogP contribution in [-0.2, 0) is 13.2 Å².